The summed E-state index contributed by atoms with van der Waals surface area (Å²) < 4.78 is 0. The quantitative estimate of drug-likeness (QED) is 0.784. The topological polar surface area (TPSA) is 38.7 Å². The molecule has 0 atom stereocenters. The number of rotatable bonds is 4. The fourth-order valence-corrected chi connectivity index (χ4v) is 1.87. The number of allylic oxidation sites excluding steroid dienone is 5. The molecule has 2 rings (SSSR count). The van der Waals surface area contributed by atoms with Gasteiger partial charge in [-0.3, -0.25) is 0 Å². The van der Waals surface area contributed by atoms with E-state index < -0.39 is 0 Å². The Morgan fingerprint density at radius 1 is 1.15 bits per heavy atom. The number of benzene rings is 1. The fraction of sp³-hybridized carbons (Fsp3) is 0.0625. The summed E-state index contributed by atoms with van der Waals surface area (Å²) in [6, 6.07) is 9.67. The standard InChI is InChI=1S/C16H14ClN3/c1-3-8-12(9-4-2)14-18-15(20-16(17)19-14)13-10-6-5-7-11-13/h3-11H,1H2,2H3/b9-4-,12-8+. The molecule has 0 unspecified atom stereocenters. The minimum Gasteiger partial charge on any atom is -0.208 e. The number of halogens is 1. The molecule has 3 nitrogen and oxygen atoms in total. The van der Waals surface area contributed by atoms with Gasteiger partial charge in [-0.05, 0) is 18.5 Å². The van der Waals surface area contributed by atoms with Gasteiger partial charge in [0.05, 0.1) is 0 Å². The van der Waals surface area contributed by atoms with Gasteiger partial charge in [-0.2, -0.15) is 9.97 Å². The Morgan fingerprint density at radius 2 is 1.90 bits per heavy atom. The Labute approximate surface area is 123 Å². The largest absolute Gasteiger partial charge is 0.226 e. The molecule has 0 bridgehead atoms. The summed E-state index contributed by atoms with van der Waals surface area (Å²) in [5.74, 6) is 1.09. The second-order valence-corrected chi connectivity index (χ2v) is 4.31. The molecule has 0 saturated carbocycles. The van der Waals surface area contributed by atoms with Crippen molar-refractivity contribution in [3.8, 4) is 11.4 Å². The summed E-state index contributed by atoms with van der Waals surface area (Å²) >= 11 is 6.00. The van der Waals surface area contributed by atoms with Crippen molar-refractivity contribution in [2.75, 3.05) is 0 Å². The lowest BCUT2D eigenvalue weighted by Crippen LogP contribution is -1.99. The molecule has 0 fully saturated rings. The van der Waals surface area contributed by atoms with Crippen LogP contribution in [0.4, 0.5) is 0 Å². The van der Waals surface area contributed by atoms with E-state index in [9.17, 15) is 0 Å². The predicted octanol–water partition coefficient (Wildman–Crippen LogP) is 4.34. The second-order valence-electron chi connectivity index (χ2n) is 3.98. The van der Waals surface area contributed by atoms with Crippen LogP contribution < -0.4 is 0 Å². The highest BCUT2D eigenvalue weighted by atomic mass is 35.5. The zero-order chi connectivity index (χ0) is 14.4. The van der Waals surface area contributed by atoms with Crippen molar-refractivity contribution >= 4 is 17.2 Å². The molecule has 0 radical (unpaired) electrons. The molecule has 0 N–H and O–H groups in total. The van der Waals surface area contributed by atoms with Crippen LogP contribution in [0.3, 0.4) is 0 Å². The van der Waals surface area contributed by atoms with Gasteiger partial charge in [-0.1, -0.05) is 61.2 Å². The molecule has 4 heteroatoms. The lowest BCUT2D eigenvalue weighted by atomic mass is 10.2. The van der Waals surface area contributed by atoms with Crippen molar-refractivity contribution in [3.05, 3.63) is 72.3 Å². The van der Waals surface area contributed by atoms with E-state index in [1.165, 1.54) is 0 Å². The summed E-state index contributed by atoms with van der Waals surface area (Å²) in [6.45, 7) is 5.63. The fourth-order valence-electron chi connectivity index (χ4n) is 1.71. The molecule has 0 aliphatic heterocycles. The first-order valence-electron chi connectivity index (χ1n) is 6.17. The van der Waals surface area contributed by atoms with Crippen LogP contribution in [0.1, 0.15) is 12.7 Å². The van der Waals surface area contributed by atoms with Gasteiger partial charge < -0.3 is 0 Å². The normalized spacial score (nSPS) is 11.8. The monoisotopic (exact) mass is 283 g/mol. The Hall–Kier alpha value is -2.26. The van der Waals surface area contributed by atoms with E-state index in [1.807, 2.05) is 55.5 Å². The highest BCUT2D eigenvalue weighted by Gasteiger charge is 2.09. The number of nitrogens with zero attached hydrogens (tertiary/aromatic N) is 3. The highest BCUT2D eigenvalue weighted by Crippen LogP contribution is 2.19. The first kappa shape index (κ1) is 14.2. The average Bonchev–Trinajstić information content (AvgIpc) is 2.47. The molecule has 20 heavy (non-hydrogen) atoms. The van der Waals surface area contributed by atoms with Crippen LogP contribution >= 0.6 is 11.6 Å². The molecule has 0 aliphatic carbocycles. The van der Waals surface area contributed by atoms with E-state index in [4.69, 9.17) is 11.6 Å². The van der Waals surface area contributed by atoms with Gasteiger partial charge in [-0.15, -0.1) is 0 Å². The van der Waals surface area contributed by atoms with Gasteiger partial charge in [-0.25, -0.2) is 4.98 Å². The van der Waals surface area contributed by atoms with Gasteiger partial charge in [0.2, 0.25) is 5.28 Å². The highest BCUT2D eigenvalue weighted by molar-refractivity contribution is 6.28. The van der Waals surface area contributed by atoms with Gasteiger partial charge >= 0.3 is 0 Å². The van der Waals surface area contributed by atoms with Crippen LogP contribution in [0.15, 0.2) is 61.2 Å². The zero-order valence-electron chi connectivity index (χ0n) is 11.1. The van der Waals surface area contributed by atoms with E-state index in [0.717, 1.165) is 11.1 Å². The Kier molecular flexibility index (Phi) is 4.80. The van der Waals surface area contributed by atoms with Crippen molar-refractivity contribution in [3.63, 3.8) is 0 Å². The predicted molar refractivity (Wildman–Crippen MR) is 83.3 cm³/mol. The number of hydrogen-bond acceptors (Lipinski definition) is 3. The third-order valence-electron chi connectivity index (χ3n) is 2.54. The van der Waals surface area contributed by atoms with Crippen molar-refractivity contribution in [2.24, 2.45) is 0 Å². The van der Waals surface area contributed by atoms with Gasteiger partial charge in [0.1, 0.15) is 0 Å². The van der Waals surface area contributed by atoms with Crippen molar-refractivity contribution in [1.82, 2.24) is 15.0 Å². The molecule has 1 aromatic heterocycles. The first-order valence-corrected chi connectivity index (χ1v) is 6.55. The average molecular weight is 284 g/mol. The maximum atomic E-state index is 6.00. The third-order valence-corrected chi connectivity index (χ3v) is 2.71. The second kappa shape index (κ2) is 6.78. The summed E-state index contributed by atoms with van der Waals surface area (Å²) in [5.41, 5.74) is 1.74. The minimum absolute atomic E-state index is 0.174. The van der Waals surface area contributed by atoms with Gasteiger partial charge in [0.15, 0.2) is 11.6 Å². The third kappa shape index (κ3) is 3.39. The Bertz CT molecular complexity index is 661. The van der Waals surface area contributed by atoms with Crippen molar-refractivity contribution in [1.29, 1.82) is 0 Å². The summed E-state index contributed by atoms with van der Waals surface area (Å²) in [5, 5.41) is 0.174. The van der Waals surface area contributed by atoms with Crippen LogP contribution in [0.2, 0.25) is 5.28 Å². The van der Waals surface area contributed by atoms with Gasteiger partial charge in [0, 0.05) is 11.1 Å². The maximum Gasteiger partial charge on any atom is 0.226 e. The molecule has 1 heterocycles. The van der Waals surface area contributed by atoms with Crippen LogP contribution in [0.25, 0.3) is 17.0 Å². The molecule has 0 aliphatic rings. The summed E-state index contributed by atoms with van der Waals surface area (Å²) in [6.07, 6.45) is 7.34. The molecular formula is C16H14ClN3. The van der Waals surface area contributed by atoms with E-state index in [2.05, 4.69) is 21.5 Å². The number of aromatic nitrogens is 3. The Balaban J connectivity index is 2.54. The van der Waals surface area contributed by atoms with E-state index in [0.29, 0.717) is 11.6 Å². The Morgan fingerprint density at radius 3 is 2.55 bits per heavy atom. The van der Waals surface area contributed by atoms with Crippen LogP contribution in [-0.2, 0) is 0 Å². The molecule has 0 amide bonds. The molecule has 0 saturated heterocycles. The SMILES string of the molecule is C=C/C=C(\C=C/C)c1nc(Cl)nc(-c2ccccc2)n1. The molecular weight excluding hydrogens is 270 g/mol. The lowest BCUT2D eigenvalue weighted by Gasteiger charge is -2.05. The molecule has 100 valence electrons. The molecule has 0 spiro atoms. The summed E-state index contributed by atoms with van der Waals surface area (Å²) in [7, 11) is 0. The van der Waals surface area contributed by atoms with Crippen LogP contribution in [0.5, 0.6) is 0 Å². The first-order chi connectivity index (χ1) is 9.74. The zero-order valence-corrected chi connectivity index (χ0v) is 11.9. The molecule has 1 aromatic carbocycles. The van der Waals surface area contributed by atoms with Crippen molar-refractivity contribution in [2.45, 2.75) is 6.92 Å². The number of hydrogen-bond donors (Lipinski definition) is 0. The van der Waals surface area contributed by atoms with Crippen LogP contribution in [0, 0.1) is 0 Å². The minimum atomic E-state index is 0.174. The van der Waals surface area contributed by atoms with Gasteiger partial charge in [0.25, 0.3) is 0 Å². The lowest BCUT2D eigenvalue weighted by molar-refractivity contribution is 1.03. The summed E-state index contributed by atoms with van der Waals surface area (Å²) in [4.78, 5) is 12.8. The van der Waals surface area contributed by atoms with E-state index >= 15 is 0 Å². The smallest absolute Gasteiger partial charge is 0.208 e. The van der Waals surface area contributed by atoms with E-state index in [-0.39, 0.29) is 5.28 Å². The maximum absolute atomic E-state index is 6.00. The van der Waals surface area contributed by atoms with Crippen LogP contribution in [-0.4, -0.2) is 15.0 Å². The van der Waals surface area contributed by atoms with Crippen molar-refractivity contribution < 1.29 is 0 Å². The van der Waals surface area contributed by atoms with E-state index in [1.54, 1.807) is 6.08 Å². The molecule has 2 aromatic rings.